The van der Waals surface area contributed by atoms with Gasteiger partial charge in [-0.15, -0.1) is 0 Å². The fraction of sp³-hybridized carbons (Fsp3) is 0.692. The summed E-state index contributed by atoms with van der Waals surface area (Å²) < 4.78 is 10.7. The van der Waals surface area contributed by atoms with Gasteiger partial charge in [0.05, 0.1) is 11.5 Å². The highest BCUT2D eigenvalue weighted by Gasteiger charge is 2.24. The first-order valence-electron chi connectivity index (χ1n) is 7.14. The van der Waals surface area contributed by atoms with Crippen molar-refractivity contribution in [3.63, 3.8) is 0 Å². The zero-order chi connectivity index (χ0) is 15.5. The van der Waals surface area contributed by atoms with E-state index in [4.69, 9.17) is 9.47 Å². The maximum absolute atomic E-state index is 11.2. The van der Waals surface area contributed by atoms with E-state index in [9.17, 15) is 10.1 Å². The van der Waals surface area contributed by atoms with Gasteiger partial charge in [0.2, 0.25) is 5.82 Å². The normalized spacial score (nSPS) is 10.4. The molecule has 0 aliphatic carbocycles. The van der Waals surface area contributed by atoms with Crippen molar-refractivity contribution in [3.8, 4) is 5.88 Å². The summed E-state index contributed by atoms with van der Waals surface area (Å²) in [6, 6.07) is 0. The molecule has 0 atom stereocenters. The van der Waals surface area contributed by atoms with E-state index in [0.29, 0.717) is 19.8 Å². The fourth-order valence-electron chi connectivity index (χ4n) is 1.55. The molecule has 0 bridgehead atoms. The van der Waals surface area contributed by atoms with Gasteiger partial charge in [-0.1, -0.05) is 20.3 Å². The van der Waals surface area contributed by atoms with Crippen LogP contribution < -0.4 is 10.1 Å². The molecular weight excluding hydrogens is 276 g/mol. The highest BCUT2D eigenvalue weighted by atomic mass is 16.6. The second kappa shape index (κ2) is 9.87. The van der Waals surface area contributed by atoms with Crippen LogP contribution in [0.1, 0.15) is 33.1 Å². The Hall–Kier alpha value is -1.96. The average molecular weight is 298 g/mol. The van der Waals surface area contributed by atoms with E-state index < -0.39 is 4.92 Å². The molecule has 8 nitrogen and oxygen atoms in total. The number of nitrogens with zero attached hydrogens (tertiary/aromatic N) is 3. The number of nitro groups is 1. The van der Waals surface area contributed by atoms with Gasteiger partial charge < -0.3 is 14.8 Å². The summed E-state index contributed by atoms with van der Waals surface area (Å²) in [7, 11) is 0. The highest BCUT2D eigenvalue weighted by molar-refractivity contribution is 5.60. The molecule has 0 spiro atoms. The predicted molar refractivity (Wildman–Crippen MR) is 78.7 cm³/mol. The first-order valence-corrected chi connectivity index (χ1v) is 7.14. The predicted octanol–water partition coefficient (Wildman–Crippen LogP) is 2.40. The van der Waals surface area contributed by atoms with Gasteiger partial charge in [0.1, 0.15) is 12.9 Å². The Kier molecular flexibility index (Phi) is 8.03. The molecule has 118 valence electrons. The molecule has 0 amide bonds. The Morgan fingerprint density at radius 2 is 2.05 bits per heavy atom. The molecule has 0 unspecified atom stereocenters. The van der Waals surface area contributed by atoms with E-state index in [1.165, 1.54) is 6.33 Å². The second-order valence-electron chi connectivity index (χ2n) is 4.37. The molecule has 0 saturated heterocycles. The van der Waals surface area contributed by atoms with Crippen LogP contribution in [-0.4, -0.2) is 41.3 Å². The number of ether oxygens (including phenoxy) is 2. The maximum atomic E-state index is 11.2. The van der Waals surface area contributed by atoms with Crippen LogP contribution in [0.2, 0.25) is 0 Å². The van der Waals surface area contributed by atoms with Crippen LogP contribution in [0.3, 0.4) is 0 Å². The molecule has 1 aromatic heterocycles. The van der Waals surface area contributed by atoms with Gasteiger partial charge in [-0.05, 0) is 12.8 Å². The molecule has 8 heteroatoms. The van der Waals surface area contributed by atoms with E-state index in [-0.39, 0.29) is 24.0 Å². The van der Waals surface area contributed by atoms with Crippen LogP contribution in [0.15, 0.2) is 6.33 Å². The largest absolute Gasteiger partial charge is 0.470 e. The number of rotatable bonds is 11. The number of anilines is 1. The van der Waals surface area contributed by atoms with E-state index >= 15 is 0 Å². The summed E-state index contributed by atoms with van der Waals surface area (Å²) in [6.45, 7) is 5.89. The smallest absolute Gasteiger partial charge is 0.372 e. The van der Waals surface area contributed by atoms with Gasteiger partial charge in [0, 0.05) is 13.2 Å². The number of hydrogen-bond donors (Lipinski definition) is 1. The lowest BCUT2D eigenvalue weighted by Crippen LogP contribution is -2.12. The number of unbranched alkanes of at least 4 members (excludes halogenated alkanes) is 1. The van der Waals surface area contributed by atoms with Gasteiger partial charge in [-0.25, -0.2) is 4.98 Å². The molecule has 1 aromatic rings. The van der Waals surface area contributed by atoms with E-state index in [2.05, 4.69) is 22.2 Å². The van der Waals surface area contributed by atoms with Crippen LogP contribution in [0, 0.1) is 10.1 Å². The first kappa shape index (κ1) is 17.1. The Morgan fingerprint density at radius 1 is 1.24 bits per heavy atom. The lowest BCUT2D eigenvalue weighted by Gasteiger charge is -2.09. The first-order chi connectivity index (χ1) is 10.2. The van der Waals surface area contributed by atoms with Gasteiger partial charge in [-0.2, -0.15) is 4.98 Å². The summed E-state index contributed by atoms with van der Waals surface area (Å²) in [4.78, 5) is 18.3. The molecule has 0 aliphatic rings. The molecule has 0 aromatic carbocycles. The van der Waals surface area contributed by atoms with Crippen LogP contribution >= 0.6 is 0 Å². The number of hydrogen-bond acceptors (Lipinski definition) is 7. The van der Waals surface area contributed by atoms with Gasteiger partial charge >= 0.3 is 5.69 Å². The number of aromatic nitrogens is 2. The van der Waals surface area contributed by atoms with Crippen molar-refractivity contribution < 1.29 is 14.4 Å². The van der Waals surface area contributed by atoms with Gasteiger partial charge in [0.25, 0.3) is 5.88 Å². The van der Waals surface area contributed by atoms with Crippen LogP contribution in [0.5, 0.6) is 5.88 Å². The molecule has 1 rings (SSSR count). The van der Waals surface area contributed by atoms with Crippen molar-refractivity contribution >= 4 is 11.5 Å². The monoisotopic (exact) mass is 298 g/mol. The summed E-state index contributed by atoms with van der Waals surface area (Å²) in [5.74, 6) is 0.145. The molecule has 0 radical (unpaired) electrons. The Balaban J connectivity index is 2.61. The van der Waals surface area contributed by atoms with Crippen molar-refractivity contribution in [1.29, 1.82) is 0 Å². The summed E-state index contributed by atoms with van der Waals surface area (Å²) in [5.41, 5.74) is -0.237. The van der Waals surface area contributed by atoms with Crippen molar-refractivity contribution in [2.45, 2.75) is 33.1 Å². The summed E-state index contributed by atoms with van der Waals surface area (Å²) in [6.07, 6.45) is 4.13. The van der Waals surface area contributed by atoms with Gasteiger partial charge in [0.15, 0.2) is 0 Å². The molecule has 0 aliphatic heterocycles. The van der Waals surface area contributed by atoms with Crippen LogP contribution in [0.25, 0.3) is 0 Å². The zero-order valence-electron chi connectivity index (χ0n) is 12.5. The zero-order valence-corrected chi connectivity index (χ0v) is 12.5. The van der Waals surface area contributed by atoms with Crippen LogP contribution in [-0.2, 0) is 4.74 Å². The highest BCUT2D eigenvalue weighted by Crippen LogP contribution is 2.30. The fourth-order valence-corrected chi connectivity index (χ4v) is 1.55. The average Bonchev–Trinajstić information content (AvgIpc) is 2.48. The van der Waals surface area contributed by atoms with Crippen molar-refractivity contribution in [2.24, 2.45) is 0 Å². The Labute approximate surface area is 124 Å². The minimum absolute atomic E-state index is 0.0345. The van der Waals surface area contributed by atoms with Crippen LogP contribution in [0.4, 0.5) is 11.5 Å². The lowest BCUT2D eigenvalue weighted by atomic mass is 10.4. The minimum Gasteiger partial charge on any atom is -0.470 e. The molecular formula is C13H22N4O4. The third-order valence-corrected chi connectivity index (χ3v) is 2.62. The third-order valence-electron chi connectivity index (χ3n) is 2.62. The second-order valence-corrected chi connectivity index (χ2v) is 4.37. The van der Waals surface area contributed by atoms with Crippen molar-refractivity contribution in [1.82, 2.24) is 9.97 Å². The van der Waals surface area contributed by atoms with Crippen molar-refractivity contribution in [2.75, 3.05) is 31.7 Å². The summed E-state index contributed by atoms with van der Waals surface area (Å²) in [5, 5.41) is 14.1. The Morgan fingerprint density at radius 3 is 2.71 bits per heavy atom. The molecule has 1 heterocycles. The molecule has 0 saturated carbocycles. The number of nitrogens with one attached hydrogen (secondary N) is 1. The maximum Gasteiger partial charge on any atom is 0.372 e. The third kappa shape index (κ3) is 5.90. The SMILES string of the molecule is CCCCOCCOc1ncnc(NCCC)c1[N+](=O)[O-]. The van der Waals surface area contributed by atoms with E-state index in [1.54, 1.807) is 0 Å². The quantitative estimate of drug-likeness (QED) is 0.380. The summed E-state index contributed by atoms with van der Waals surface area (Å²) >= 11 is 0. The van der Waals surface area contributed by atoms with E-state index in [1.807, 2.05) is 6.92 Å². The Bertz CT molecular complexity index is 442. The standard InChI is InChI=1S/C13H22N4O4/c1-3-5-7-20-8-9-21-13-11(17(18)19)12(14-6-4-2)15-10-16-13/h10H,3-9H2,1-2H3,(H,14,15,16). The topological polar surface area (TPSA) is 99.4 Å². The van der Waals surface area contributed by atoms with E-state index in [0.717, 1.165) is 19.3 Å². The molecule has 1 N–H and O–H groups in total. The molecule has 21 heavy (non-hydrogen) atoms. The minimum atomic E-state index is -0.536. The van der Waals surface area contributed by atoms with Crippen molar-refractivity contribution in [3.05, 3.63) is 16.4 Å². The lowest BCUT2D eigenvalue weighted by molar-refractivity contribution is -0.385. The molecule has 0 fully saturated rings. The van der Waals surface area contributed by atoms with Gasteiger partial charge in [-0.3, -0.25) is 10.1 Å².